The number of ether oxygens (including phenoxy) is 1. The van der Waals surface area contributed by atoms with E-state index < -0.39 is 0 Å². The standard InChI is InChI=1S/C14H12BrClN2O2/c1-20-13-3-2-11(17)7-12(13)18-14(19)8-4-9(15)6-10(16)5-8/h2-7H,17H2,1H3,(H,18,19). The largest absolute Gasteiger partial charge is 0.495 e. The van der Waals surface area contributed by atoms with Crippen LogP contribution in [-0.2, 0) is 0 Å². The second kappa shape index (κ2) is 6.15. The number of nitrogen functional groups attached to an aromatic ring is 1. The fourth-order valence-corrected chi connectivity index (χ4v) is 2.56. The number of anilines is 2. The van der Waals surface area contributed by atoms with Crippen LogP contribution in [0.5, 0.6) is 5.75 Å². The molecule has 2 aromatic carbocycles. The average Bonchev–Trinajstić information content (AvgIpc) is 2.37. The van der Waals surface area contributed by atoms with Crippen molar-refractivity contribution in [1.82, 2.24) is 0 Å². The lowest BCUT2D eigenvalue weighted by molar-refractivity contribution is 0.102. The van der Waals surface area contributed by atoms with E-state index in [1.54, 1.807) is 36.4 Å². The van der Waals surface area contributed by atoms with Gasteiger partial charge in [0.2, 0.25) is 0 Å². The SMILES string of the molecule is COc1ccc(N)cc1NC(=O)c1cc(Cl)cc(Br)c1. The van der Waals surface area contributed by atoms with Crippen molar-refractivity contribution in [3.8, 4) is 5.75 Å². The summed E-state index contributed by atoms with van der Waals surface area (Å²) in [5.41, 5.74) is 7.19. The van der Waals surface area contributed by atoms with Crippen LogP contribution < -0.4 is 15.8 Å². The Morgan fingerprint density at radius 1 is 1.30 bits per heavy atom. The molecule has 0 bridgehead atoms. The Bertz CT molecular complexity index is 641. The molecule has 4 nitrogen and oxygen atoms in total. The number of methoxy groups -OCH3 is 1. The van der Waals surface area contributed by atoms with Gasteiger partial charge in [-0.3, -0.25) is 4.79 Å². The molecule has 6 heteroatoms. The Hall–Kier alpha value is -1.72. The molecule has 2 rings (SSSR count). The number of carbonyl (C=O) groups is 1. The minimum Gasteiger partial charge on any atom is -0.495 e. The van der Waals surface area contributed by atoms with Crippen LogP contribution in [0.4, 0.5) is 11.4 Å². The fraction of sp³-hybridized carbons (Fsp3) is 0.0714. The van der Waals surface area contributed by atoms with Crippen molar-refractivity contribution in [2.75, 3.05) is 18.2 Å². The zero-order chi connectivity index (χ0) is 14.7. The molecule has 3 N–H and O–H groups in total. The lowest BCUT2D eigenvalue weighted by Gasteiger charge is -2.11. The van der Waals surface area contributed by atoms with Gasteiger partial charge in [-0.25, -0.2) is 0 Å². The number of hydrogen-bond acceptors (Lipinski definition) is 3. The molecule has 0 aliphatic rings. The molecule has 0 atom stereocenters. The summed E-state index contributed by atoms with van der Waals surface area (Å²) in [7, 11) is 1.52. The molecule has 104 valence electrons. The van der Waals surface area contributed by atoms with Crippen molar-refractivity contribution in [2.24, 2.45) is 0 Å². The van der Waals surface area contributed by atoms with Gasteiger partial charge in [-0.05, 0) is 36.4 Å². The lowest BCUT2D eigenvalue weighted by Crippen LogP contribution is -2.13. The molecule has 0 saturated carbocycles. The van der Waals surface area contributed by atoms with Crippen LogP contribution in [0.2, 0.25) is 5.02 Å². The average molecular weight is 356 g/mol. The van der Waals surface area contributed by atoms with Gasteiger partial charge in [-0.2, -0.15) is 0 Å². The molecule has 0 aromatic heterocycles. The second-order valence-corrected chi connectivity index (χ2v) is 5.42. The number of amides is 1. The van der Waals surface area contributed by atoms with Crippen LogP contribution in [0, 0.1) is 0 Å². The van der Waals surface area contributed by atoms with Crippen molar-refractivity contribution in [3.05, 3.63) is 51.5 Å². The molecule has 0 saturated heterocycles. The summed E-state index contributed by atoms with van der Waals surface area (Å²) in [6.45, 7) is 0. The summed E-state index contributed by atoms with van der Waals surface area (Å²) in [6.07, 6.45) is 0. The van der Waals surface area contributed by atoms with Gasteiger partial charge in [0, 0.05) is 20.7 Å². The molecule has 20 heavy (non-hydrogen) atoms. The van der Waals surface area contributed by atoms with Crippen LogP contribution in [0.25, 0.3) is 0 Å². The summed E-state index contributed by atoms with van der Waals surface area (Å²) < 4.78 is 5.91. The third-order valence-electron chi connectivity index (χ3n) is 2.60. The minimum absolute atomic E-state index is 0.294. The number of halogens is 2. The first-order valence-corrected chi connectivity index (χ1v) is 6.87. The third kappa shape index (κ3) is 3.43. The molecule has 0 unspecified atom stereocenters. The summed E-state index contributed by atoms with van der Waals surface area (Å²) in [5, 5.41) is 3.23. The van der Waals surface area contributed by atoms with Crippen LogP contribution in [-0.4, -0.2) is 13.0 Å². The van der Waals surface area contributed by atoms with E-state index in [-0.39, 0.29) is 5.91 Å². The topological polar surface area (TPSA) is 64.3 Å². The fourth-order valence-electron chi connectivity index (χ4n) is 1.70. The predicted octanol–water partition coefficient (Wildman–Crippen LogP) is 3.95. The van der Waals surface area contributed by atoms with Crippen molar-refractivity contribution in [3.63, 3.8) is 0 Å². The van der Waals surface area contributed by atoms with Gasteiger partial charge in [0.25, 0.3) is 5.91 Å². The molecule has 0 aliphatic heterocycles. The second-order valence-electron chi connectivity index (χ2n) is 4.07. The quantitative estimate of drug-likeness (QED) is 0.820. The van der Waals surface area contributed by atoms with Crippen LogP contribution in [0.3, 0.4) is 0 Å². The number of rotatable bonds is 3. The summed E-state index contributed by atoms with van der Waals surface area (Å²) in [6, 6.07) is 10.00. The summed E-state index contributed by atoms with van der Waals surface area (Å²) in [4.78, 5) is 12.2. The third-order valence-corrected chi connectivity index (χ3v) is 3.27. The Kier molecular flexibility index (Phi) is 4.52. The van der Waals surface area contributed by atoms with Gasteiger partial charge in [0.15, 0.2) is 0 Å². The van der Waals surface area contributed by atoms with Crippen molar-refractivity contribution >= 4 is 44.8 Å². The number of hydrogen-bond donors (Lipinski definition) is 2. The minimum atomic E-state index is -0.294. The zero-order valence-corrected chi connectivity index (χ0v) is 13.0. The van der Waals surface area contributed by atoms with Crippen molar-refractivity contribution < 1.29 is 9.53 Å². The zero-order valence-electron chi connectivity index (χ0n) is 10.6. The monoisotopic (exact) mass is 354 g/mol. The van der Waals surface area contributed by atoms with Gasteiger partial charge in [0.1, 0.15) is 5.75 Å². The maximum Gasteiger partial charge on any atom is 0.255 e. The molecule has 0 heterocycles. The van der Waals surface area contributed by atoms with E-state index in [0.29, 0.717) is 27.7 Å². The van der Waals surface area contributed by atoms with Gasteiger partial charge in [-0.1, -0.05) is 27.5 Å². The van der Waals surface area contributed by atoms with Crippen LogP contribution >= 0.6 is 27.5 Å². The number of nitrogens with one attached hydrogen (secondary N) is 1. The van der Waals surface area contributed by atoms with Crippen molar-refractivity contribution in [2.45, 2.75) is 0 Å². The molecular formula is C14H12BrClN2O2. The molecule has 0 radical (unpaired) electrons. The molecule has 2 aromatic rings. The first-order valence-electron chi connectivity index (χ1n) is 5.70. The van der Waals surface area contributed by atoms with Gasteiger partial charge in [0.05, 0.1) is 12.8 Å². The Morgan fingerprint density at radius 2 is 2.05 bits per heavy atom. The van der Waals surface area contributed by atoms with E-state index in [1.807, 2.05) is 0 Å². The molecule has 0 aliphatic carbocycles. The number of carbonyl (C=O) groups excluding carboxylic acids is 1. The Labute approximate surface area is 130 Å². The van der Waals surface area contributed by atoms with Gasteiger partial charge >= 0.3 is 0 Å². The number of benzene rings is 2. The van der Waals surface area contributed by atoms with E-state index in [4.69, 9.17) is 22.1 Å². The first-order chi connectivity index (χ1) is 9.49. The van der Waals surface area contributed by atoms with Gasteiger partial charge in [-0.15, -0.1) is 0 Å². The predicted molar refractivity (Wildman–Crippen MR) is 84.5 cm³/mol. The highest BCUT2D eigenvalue weighted by molar-refractivity contribution is 9.10. The van der Waals surface area contributed by atoms with E-state index >= 15 is 0 Å². The first kappa shape index (κ1) is 14.7. The van der Waals surface area contributed by atoms with Crippen LogP contribution in [0.15, 0.2) is 40.9 Å². The van der Waals surface area contributed by atoms with Gasteiger partial charge < -0.3 is 15.8 Å². The summed E-state index contributed by atoms with van der Waals surface area (Å²) >= 11 is 9.22. The highest BCUT2D eigenvalue weighted by Gasteiger charge is 2.11. The molecule has 0 spiro atoms. The highest BCUT2D eigenvalue weighted by atomic mass is 79.9. The van der Waals surface area contributed by atoms with E-state index in [1.165, 1.54) is 7.11 Å². The normalized spacial score (nSPS) is 10.2. The molecule has 1 amide bonds. The Balaban J connectivity index is 2.29. The lowest BCUT2D eigenvalue weighted by atomic mass is 10.2. The summed E-state index contributed by atoms with van der Waals surface area (Å²) in [5.74, 6) is 0.241. The maximum absolute atomic E-state index is 12.2. The Morgan fingerprint density at radius 3 is 2.70 bits per heavy atom. The van der Waals surface area contributed by atoms with E-state index in [0.717, 1.165) is 4.47 Å². The van der Waals surface area contributed by atoms with E-state index in [9.17, 15) is 4.79 Å². The van der Waals surface area contributed by atoms with E-state index in [2.05, 4.69) is 21.2 Å². The van der Waals surface area contributed by atoms with Crippen molar-refractivity contribution in [1.29, 1.82) is 0 Å². The smallest absolute Gasteiger partial charge is 0.255 e. The highest BCUT2D eigenvalue weighted by Crippen LogP contribution is 2.27. The maximum atomic E-state index is 12.2. The number of nitrogens with two attached hydrogens (primary N) is 1. The molecular weight excluding hydrogens is 344 g/mol. The van der Waals surface area contributed by atoms with Crippen LogP contribution in [0.1, 0.15) is 10.4 Å². The molecule has 0 fully saturated rings.